The summed E-state index contributed by atoms with van der Waals surface area (Å²) in [5.41, 5.74) is 0. The normalized spacial score (nSPS) is 17.4. The summed E-state index contributed by atoms with van der Waals surface area (Å²) in [7, 11) is -3.34. The van der Waals surface area contributed by atoms with Gasteiger partial charge in [-0.3, -0.25) is 0 Å². The van der Waals surface area contributed by atoms with Crippen LogP contribution < -0.4 is 4.72 Å². The van der Waals surface area contributed by atoms with E-state index in [9.17, 15) is 8.42 Å². The smallest absolute Gasteiger partial charge is 0.279 e. The maximum Gasteiger partial charge on any atom is 0.279 e. The fourth-order valence-corrected chi connectivity index (χ4v) is 3.12. The highest BCUT2D eigenvalue weighted by atomic mass is 32.2. The van der Waals surface area contributed by atoms with Gasteiger partial charge in [0.1, 0.15) is 0 Å². The molecule has 7 nitrogen and oxygen atoms in total. The van der Waals surface area contributed by atoms with Crippen molar-refractivity contribution in [2.75, 3.05) is 19.6 Å². The second-order valence-corrected chi connectivity index (χ2v) is 5.97. The van der Waals surface area contributed by atoms with Crippen molar-refractivity contribution in [1.29, 1.82) is 0 Å². The molecule has 0 unspecified atom stereocenters. The first-order valence-electron chi connectivity index (χ1n) is 6.18. The largest absolute Gasteiger partial charge is 0.339 e. The van der Waals surface area contributed by atoms with Crippen molar-refractivity contribution in [2.45, 2.75) is 32.6 Å². The van der Waals surface area contributed by atoms with E-state index in [1.54, 1.807) is 0 Å². The Bertz CT molecular complexity index is 479. The molecule has 1 aliphatic heterocycles. The summed E-state index contributed by atoms with van der Waals surface area (Å²) in [6.07, 6.45) is 3.00. The van der Waals surface area contributed by atoms with E-state index in [4.69, 9.17) is 4.52 Å². The van der Waals surface area contributed by atoms with E-state index in [-0.39, 0.29) is 6.54 Å². The minimum atomic E-state index is -3.34. The van der Waals surface area contributed by atoms with Crippen molar-refractivity contribution >= 4 is 10.2 Å². The molecular formula is C10H18N4O3S. The third kappa shape index (κ3) is 3.27. The molecule has 2 rings (SSSR count). The van der Waals surface area contributed by atoms with Crippen LogP contribution in [-0.4, -0.2) is 42.5 Å². The maximum absolute atomic E-state index is 11.8. The molecule has 1 N–H and O–H groups in total. The molecule has 2 heterocycles. The molecule has 0 spiro atoms. The molecule has 0 bridgehead atoms. The first-order chi connectivity index (χ1) is 8.62. The minimum absolute atomic E-state index is 0.282. The van der Waals surface area contributed by atoms with Crippen molar-refractivity contribution in [3.05, 3.63) is 11.7 Å². The van der Waals surface area contributed by atoms with Crippen molar-refractivity contribution < 1.29 is 12.9 Å². The molecule has 0 aliphatic carbocycles. The molecule has 1 aromatic heterocycles. The molecule has 8 heteroatoms. The zero-order chi connectivity index (χ0) is 13.0. The molecule has 0 radical (unpaired) electrons. The molecule has 1 aromatic rings. The van der Waals surface area contributed by atoms with Gasteiger partial charge >= 0.3 is 0 Å². The van der Waals surface area contributed by atoms with Gasteiger partial charge in [0.2, 0.25) is 5.89 Å². The fraction of sp³-hybridized carbons (Fsp3) is 0.800. The van der Waals surface area contributed by atoms with E-state index in [2.05, 4.69) is 14.9 Å². The molecule has 0 atom stereocenters. The minimum Gasteiger partial charge on any atom is -0.339 e. The molecule has 0 amide bonds. The second-order valence-electron chi connectivity index (χ2n) is 4.21. The van der Waals surface area contributed by atoms with Gasteiger partial charge < -0.3 is 4.52 Å². The maximum atomic E-state index is 11.8. The highest BCUT2D eigenvalue weighted by molar-refractivity contribution is 7.87. The average molecular weight is 274 g/mol. The first-order valence-corrected chi connectivity index (χ1v) is 7.62. The monoisotopic (exact) mass is 274 g/mol. The molecule has 1 aliphatic rings. The van der Waals surface area contributed by atoms with Crippen LogP contribution in [0.3, 0.4) is 0 Å². The molecule has 1 fully saturated rings. The van der Waals surface area contributed by atoms with Gasteiger partial charge in [0, 0.05) is 32.5 Å². The van der Waals surface area contributed by atoms with Gasteiger partial charge in [-0.2, -0.15) is 17.7 Å². The van der Waals surface area contributed by atoms with Crippen LogP contribution in [0.5, 0.6) is 0 Å². The summed E-state index contributed by atoms with van der Waals surface area (Å²) in [5, 5.41) is 3.75. The van der Waals surface area contributed by atoms with E-state index < -0.39 is 10.2 Å². The summed E-state index contributed by atoms with van der Waals surface area (Å²) >= 11 is 0. The third-order valence-corrected chi connectivity index (χ3v) is 4.47. The lowest BCUT2D eigenvalue weighted by Crippen LogP contribution is -2.39. The molecule has 18 heavy (non-hydrogen) atoms. The Morgan fingerprint density at radius 3 is 2.72 bits per heavy atom. The number of nitrogens with one attached hydrogen (secondary N) is 1. The van der Waals surface area contributed by atoms with Gasteiger partial charge in [0.25, 0.3) is 10.2 Å². The van der Waals surface area contributed by atoms with E-state index >= 15 is 0 Å². The predicted molar refractivity (Wildman–Crippen MR) is 65.1 cm³/mol. The van der Waals surface area contributed by atoms with E-state index in [1.807, 2.05) is 6.92 Å². The third-order valence-electron chi connectivity index (χ3n) is 2.85. The zero-order valence-electron chi connectivity index (χ0n) is 10.4. The number of aryl methyl sites for hydroxylation is 1. The van der Waals surface area contributed by atoms with Crippen molar-refractivity contribution in [1.82, 2.24) is 19.2 Å². The highest BCUT2D eigenvalue weighted by Gasteiger charge is 2.24. The summed E-state index contributed by atoms with van der Waals surface area (Å²) in [4.78, 5) is 4.12. The number of hydrogen-bond acceptors (Lipinski definition) is 5. The van der Waals surface area contributed by atoms with Crippen LogP contribution in [0.4, 0.5) is 0 Å². The van der Waals surface area contributed by atoms with Crippen LogP contribution in [0.15, 0.2) is 4.52 Å². The molecule has 1 saturated heterocycles. The molecule has 0 saturated carbocycles. The van der Waals surface area contributed by atoms with Crippen LogP contribution in [0.2, 0.25) is 0 Å². The van der Waals surface area contributed by atoms with Crippen LogP contribution in [0.25, 0.3) is 0 Å². The molecule has 102 valence electrons. The Labute approximate surface area is 107 Å². The van der Waals surface area contributed by atoms with Crippen LogP contribution >= 0.6 is 0 Å². The first kappa shape index (κ1) is 13.4. The van der Waals surface area contributed by atoms with Gasteiger partial charge in [-0.15, -0.1) is 0 Å². The number of rotatable bonds is 6. The van der Waals surface area contributed by atoms with Crippen molar-refractivity contribution in [3.63, 3.8) is 0 Å². The summed E-state index contributed by atoms with van der Waals surface area (Å²) in [6.45, 7) is 3.43. The Morgan fingerprint density at radius 2 is 2.11 bits per heavy atom. The quantitative estimate of drug-likeness (QED) is 0.795. The fourth-order valence-electron chi connectivity index (χ4n) is 1.84. The molecule has 0 aromatic carbocycles. The Hall–Kier alpha value is -0.990. The van der Waals surface area contributed by atoms with Crippen LogP contribution in [-0.2, 0) is 23.1 Å². The van der Waals surface area contributed by atoms with Crippen LogP contribution in [0.1, 0.15) is 31.5 Å². The Kier molecular flexibility index (Phi) is 4.31. The van der Waals surface area contributed by atoms with Gasteiger partial charge in [0.15, 0.2) is 5.82 Å². The van der Waals surface area contributed by atoms with Crippen molar-refractivity contribution in [2.24, 2.45) is 0 Å². The lowest BCUT2D eigenvalue weighted by Gasteiger charge is -2.15. The summed E-state index contributed by atoms with van der Waals surface area (Å²) in [6, 6.07) is 0. The SMILES string of the molecule is CCc1noc(CCNS(=O)(=O)N2CCCC2)n1. The lowest BCUT2D eigenvalue weighted by atomic mass is 10.4. The Morgan fingerprint density at radius 1 is 1.39 bits per heavy atom. The van der Waals surface area contributed by atoms with Crippen molar-refractivity contribution in [3.8, 4) is 0 Å². The average Bonchev–Trinajstić information content (AvgIpc) is 3.00. The van der Waals surface area contributed by atoms with Gasteiger partial charge in [-0.1, -0.05) is 12.1 Å². The topological polar surface area (TPSA) is 88.3 Å². The predicted octanol–water partition coefficient (Wildman–Crippen LogP) is 0.105. The number of nitrogens with zero attached hydrogens (tertiary/aromatic N) is 3. The molecular weight excluding hydrogens is 256 g/mol. The summed E-state index contributed by atoms with van der Waals surface area (Å²) in [5.74, 6) is 1.11. The second kappa shape index (κ2) is 5.77. The van der Waals surface area contributed by atoms with E-state index in [0.717, 1.165) is 12.8 Å². The number of aromatic nitrogens is 2. The highest BCUT2D eigenvalue weighted by Crippen LogP contribution is 2.11. The zero-order valence-corrected chi connectivity index (χ0v) is 11.2. The Balaban J connectivity index is 1.80. The van der Waals surface area contributed by atoms with E-state index in [0.29, 0.717) is 37.6 Å². The lowest BCUT2D eigenvalue weighted by molar-refractivity contribution is 0.372. The van der Waals surface area contributed by atoms with E-state index in [1.165, 1.54) is 4.31 Å². The van der Waals surface area contributed by atoms with Gasteiger partial charge in [-0.05, 0) is 12.8 Å². The number of hydrogen-bond donors (Lipinski definition) is 1. The van der Waals surface area contributed by atoms with Gasteiger partial charge in [0.05, 0.1) is 0 Å². The van der Waals surface area contributed by atoms with Crippen LogP contribution in [0, 0.1) is 0 Å². The standard InChI is InChI=1S/C10H18N4O3S/c1-2-9-12-10(17-13-9)5-6-11-18(15,16)14-7-3-4-8-14/h11H,2-8H2,1H3. The van der Waals surface area contributed by atoms with Gasteiger partial charge in [-0.25, -0.2) is 4.72 Å². The summed E-state index contributed by atoms with van der Waals surface area (Å²) < 4.78 is 32.7.